The zero-order valence-electron chi connectivity index (χ0n) is 18.5. The molecule has 0 saturated heterocycles. The minimum Gasteiger partial charge on any atom is -0.272 e. The Balaban J connectivity index is 1.49. The number of non-ortho nitro benzene ring substituents is 1. The molecule has 0 spiro atoms. The summed E-state index contributed by atoms with van der Waals surface area (Å²) in [6, 6.07) is 21.2. The van der Waals surface area contributed by atoms with E-state index in [-0.39, 0.29) is 17.3 Å². The molecule has 0 radical (unpaired) electrons. The summed E-state index contributed by atoms with van der Waals surface area (Å²) in [5, 5.41) is 24.6. The van der Waals surface area contributed by atoms with Gasteiger partial charge in [0.1, 0.15) is 0 Å². The Hall–Kier alpha value is -4.02. The highest BCUT2D eigenvalue weighted by Crippen LogP contribution is 2.28. The number of hydrogen-bond acceptors (Lipinski definition) is 7. The van der Waals surface area contributed by atoms with Crippen molar-refractivity contribution in [3.05, 3.63) is 99.1 Å². The molecule has 0 aliphatic carbocycles. The number of nitro benzene ring substituents is 1. The van der Waals surface area contributed by atoms with Crippen molar-refractivity contribution in [1.82, 2.24) is 20.2 Å². The van der Waals surface area contributed by atoms with Crippen molar-refractivity contribution in [3.63, 3.8) is 0 Å². The number of amides is 1. The van der Waals surface area contributed by atoms with E-state index >= 15 is 0 Å². The summed E-state index contributed by atoms with van der Waals surface area (Å²) in [5.74, 6) is 0.303. The number of nitrogens with zero attached hydrogens (tertiary/aromatic N) is 5. The molecule has 0 saturated carbocycles. The van der Waals surface area contributed by atoms with E-state index in [1.165, 1.54) is 30.1 Å². The van der Waals surface area contributed by atoms with Gasteiger partial charge in [-0.25, -0.2) is 5.43 Å². The average molecular weight is 507 g/mol. The van der Waals surface area contributed by atoms with Gasteiger partial charge < -0.3 is 0 Å². The predicted molar refractivity (Wildman–Crippen MR) is 136 cm³/mol. The SMILES string of the molecule is Cc1ccc(-n2c(SCC(=O)NN=Cc3cccc([N+](=O)[O-])c3)nnc2-c2ccc(Cl)cc2)cc1. The standard InChI is InChI=1S/C24H19ClN6O3S/c1-16-5-11-20(12-6-16)30-23(18-7-9-19(25)10-8-18)28-29-24(30)35-15-22(32)27-26-14-17-3-2-4-21(13-17)31(33)34/h2-14H,15H2,1H3,(H,27,32). The van der Waals surface area contributed by atoms with Crippen LogP contribution in [0.2, 0.25) is 5.02 Å². The van der Waals surface area contributed by atoms with Crippen LogP contribution in [0.3, 0.4) is 0 Å². The van der Waals surface area contributed by atoms with E-state index in [4.69, 9.17) is 11.6 Å². The molecule has 0 unspecified atom stereocenters. The molecule has 11 heteroatoms. The van der Waals surface area contributed by atoms with Gasteiger partial charge in [0.2, 0.25) is 0 Å². The first-order chi connectivity index (χ1) is 16.9. The Morgan fingerprint density at radius 3 is 2.60 bits per heavy atom. The lowest BCUT2D eigenvalue weighted by Gasteiger charge is -2.10. The summed E-state index contributed by atoms with van der Waals surface area (Å²) in [4.78, 5) is 22.7. The van der Waals surface area contributed by atoms with Gasteiger partial charge in [0.25, 0.3) is 11.6 Å². The number of aromatic nitrogens is 3. The number of rotatable bonds is 8. The van der Waals surface area contributed by atoms with Crippen LogP contribution in [0.1, 0.15) is 11.1 Å². The van der Waals surface area contributed by atoms with Crippen LogP contribution in [-0.4, -0.2) is 37.6 Å². The molecular weight excluding hydrogens is 488 g/mol. The lowest BCUT2D eigenvalue weighted by Crippen LogP contribution is -2.20. The zero-order chi connectivity index (χ0) is 24.8. The maximum atomic E-state index is 12.4. The molecule has 9 nitrogen and oxygen atoms in total. The van der Waals surface area contributed by atoms with Gasteiger partial charge in [-0.15, -0.1) is 10.2 Å². The number of hydrogen-bond donors (Lipinski definition) is 1. The van der Waals surface area contributed by atoms with E-state index in [0.29, 0.717) is 21.6 Å². The Labute approximate surface area is 210 Å². The van der Waals surface area contributed by atoms with Gasteiger partial charge in [-0.2, -0.15) is 5.10 Å². The van der Waals surface area contributed by atoms with E-state index < -0.39 is 4.92 Å². The van der Waals surface area contributed by atoms with Crippen molar-refractivity contribution < 1.29 is 9.72 Å². The van der Waals surface area contributed by atoms with E-state index in [0.717, 1.165) is 16.8 Å². The Morgan fingerprint density at radius 2 is 1.89 bits per heavy atom. The second-order valence-corrected chi connectivity index (χ2v) is 8.80. The van der Waals surface area contributed by atoms with Crippen LogP contribution in [0.25, 0.3) is 17.1 Å². The molecule has 1 amide bonds. The van der Waals surface area contributed by atoms with Crippen molar-refractivity contribution in [2.45, 2.75) is 12.1 Å². The average Bonchev–Trinajstić information content (AvgIpc) is 3.28. The minimum atomic E-state index is -0.491. The van der Waals surface area contributed by atoms with Gasteiger partial charge in [0.15, 0.2) is 11.0 Å². The van der Waals surface area contributed by atoms with Crippen LogP contribution in [0.4, 0.5) is 5.69 Å². The third-order valence-electron chi connectivity index (χ3n) is 4.84. The van der Waals surface area contributed by atoms with E-state index in [1.807, 2.05) is 47.9 Å². The molecule has 1 N–H and O–H groups in total. The summed E-state index contributed by atoms with van der Waals surface area (Å²) in [7, 11) is 0. The first kappa shape index (κ1) is 24.1. The van der Waals surface area contributed by atoms with Gasteiger partial charge in [-0.3, -0.25) is 19.5 Å². The molecule has 4 aromatic rings. The monoisotopic (exact) mass is 506 g/mol. The molecular formula is C24H19ClN6O3S. The molecule has 35 heavy (non-hydrogen) atoms. The van der Waals surface area contributed by atoms with Crippen molar-refractivity contribution in [2.75, 3.05) is 5.75 Å². The number of hydrazone groups is 1. The molecule has 4 rings (SSSR count). The summed E-state index contributed by atoms with van der Waals surface area (Å²) in [6.07, 6.45) is 1.35. The molecule has 1 heterocycles. The molecule has 176 valence electrons. The summed E-state index contributed by atoms with van der Waals surface area (Å²) in [6.45, 7) is 2.00. The van der Waals surface area contributed by atoms with E-state index in [1.54, 1.807) is 24.3 Å². The van der Waals surface area contributed by atoms with Crippen molar-refractivity contribution in [2.24, 2.45) is 5.10 Å². The number of nitro groups is 1. The van der Waals surface area contributed by atoms with Crippen LogP contribution in [0.15, 0.2) is 83.1 Å². The van der Waals surface area contributed by atoms with Crippen LogP contribution in [-0.2, 0) is 4.79 Å². The summed E-state index contributed by atoms with van der Waals surface area (Å²) in [5.41, 5.74) is 5.68. The Kier molecular flexibility index (Phi) is 7.54. The highest BCUT2D eigenvalue weighted by molar-refractivity contribution is 7.99. The lowest BCUT2D eigenvalue weighted by atomic mass is 10.2. The molecule has 0 fully saturated rings. The fourth-order valence-corrected chi connectivity index (χ4v) is 4.01. The summed E-state index contributed by atoms with van der Waals surface area (Å²) >= 11 is 7.25. The van der Waals surface area contributed by atoms with Crippen molar-refractivity contribution in [3.8, 4) is 17.1 Å². The maximum absolute atomic E-state index is 12.4. The lowest BCUT2D eigenvalue weighted by molar-refractivity contribution is -0.384. The van der Waals surface area contributed by atoms with Crippen LogP contribution in [0.5, 0.6) is 0 Å². The molecule has 0 bridgehead atoms. The molecule has 0 aliphatic rings. The fourth-order valence-electron chi connectivity index (χ4n) is 3.14. The third-order valence-corrected chi connectivity index (χ3v) is 6.03. The second kappa shape index (κ2) is 10.9. The Morgan fingerprint density at radius 1 is 1.14 bits per heavy atom. The minimum absolute atomic E-state index is 0.0386. The van der Waals surface area contributed by atoms with Crippen LogP contribution >= 0.6 is 23.4 Å². The first-order valence-corrected chi connectivity index (χ1v) is 11.7. The largest absolute Gasteiger partial charge is 0.272 e. The van der Waals surface area contributed by atoms with Gasteiger partial charge in [-0.1, -0.05) is 53.2 Å². The highest BCUT2D eigenvalue weighted by Gasteiger charge is 2.17. The van der Waals surface area contributed by atoms with Gasteiger partial charge in [-0.05, 0) is 43.3 Å². The predicted octanol–water partition coefficient (Wildman–Crippen LogP) is 5.05. The number of carbonyl (C=O) groups excluding carboxylic acids is 1. The molecule has 0 atom stereocenters. The summed E-state index contributed by atoms with van der Waals surface area (Å²) < 4.78 is 1.88. The van der Waals surface area contributed by atoms with E-state index in [9.17, 15) is 14.9 Å². The number of thioether (sulfide) groups is 1. The fraction of sp³-hybridized carbons (Fsp3) is 0.0833. The quantitative estimate of drug-likeness (QED) is 0.155. The number of carbonyl (C=O) groups is 1. The van der Waals surface area contributed by atoms with Crippen molar-refractivity contribution in [1.29, 1.82) is 0 Å². The van der Waals surface area contributed by atoms with Crippen molar-refractivity contribution >= 4 is 41.2 Å². The third kappa shape index (κ3) is 6.11. The molecule has 3 aromatic carbocycles. The van der Waals surface area contributed by atoms with Crippen LogP contribution < -0.4 is 5.43 Å². The maximum Gasteiger partial charge on any atom is 0.270 e. The normalized spacial score (nSPS) is 11.0. The first-order valence-electron chi connectivity index (χ1n) is 10.4. The van der Waals surface area contributed by atoms with Gasteiger partial charge in [0.05, 0.1) is 16.9 Å². The van der Waals surface area contributed by atoms with E-state index in [2.05, 4.69) is 20.7 Å². The number of halogens is 1. The van der Waals surface area contributed by atoms with Crippen LogP contribution in [0, 0.1) is 17.0 Å². The number of aryl methyl sites for hydroxylation is 1. The van der Waals surface area contributed by atoms with Gasteiger partial charge >= 0.3 is 0 Å². The molecule has 1 aromatic heterocycles. The second-order valence-electron chi connectivity index (χ2n) is 7.42. The smallest absolute Gasteiger partial charge is 0.270 e. The number of nitrogens with one attached hydrogen (secondary N) is 1. The molecule has 0 aliphatic heterocycles. The Bertz CT molecular complexity index is 1390. The van der Waals surface area contributed by atoms with Gasteiger partial charge in [0, 0.05) is 34.0 Å². The topological polar surface area (TPSA) is 115 Å². The zero-order valence-corrected chi connectivity index (χ0v) is 20.0. The highest BCUT2D eigenvalue weighted by atomic mass is 35.5. The number of benzene rings is 3.